The number of rotatable bonds is 3. The maximum atomic E-state index is 5.81. The molecule has 0 saturated carbocycles. The molecule has 0 saturated heterocycles. The first kappa shape index (κ1) is 13.2. The lowest BCUT2D eigenvalue weighted by atomic mass is 9.89. The molecule has 100 valence electrons. The second-order valence-corrected chi connectivity index (χ2v) is 5.27. The summed E-state index contributed by atoms with van der Waals surface area (Å²) in [7, 11) is 0. The Bertz CT molecular complexity index is 415. The van der Waals surface area contributed by atoms with Crippen LogP contribution in [0.5, 0.6) is 11.5 Å². The summed E-state index contributed by atoms with van der Waals surface area (Å²) in [5.41, 5.74) is 8.41. The van der Waals surface area contributed by atoms with Crippen LogP contribution in [0.25, 0.3) is 0 Å². The average molecular weight is 249 g/mol. The van der Waals surface area contributed by atoms with Crippen LogP contribution in [0.3, 0.4) is 0 Å². The molecule has 1 atom stereocenters. The van der Waals surface area contributed by atoms with E-state index in [0.29, 0.717) is 18.4 Å². The van der Waals surface area contributed by atoms with Gasteiger partial charge in [0, 0.05) is 6.42 Å². The summed E-state index contributed by atoms with van der Waals surface area (Å²) in [5, 5.41) is 0. The molecule has 1 aliphatic rings. The van der Waals surface area contributed by atoms with Gasteiger partial charge >= 0.3 is 0 Å². The molecule has 1 aromatic rings. The second kappa shape index (κ2) is 5.61. The standard InChI is InChI=1S/C15H23NO2/c1-10(2)12-7-14-15(18-6-4-5-17-14)8-13(12)11(3)9-16/h7-8,10-11H,4-6,9,16H2,1-3H3. The van der Waals surface area contributed by atoms with Gasteiger partial charge < -0.3 is 15.2 Å². The normalized spacial score (nSPS) is 16.5. The van der Waals surface area contributed by atoms with Crippen molar-refractivity contribution in [3.8, 4) is 11.5 Å². The minimum atomic E-state index is 0.347. The molecule has 0 aliphatic carbocycles. The van der Waals surface area contributed by atoms with E-state index in [9.17, 15) is 0 Å². The van der Waals surface area contributed by atoms with E-state index in [1.165, 1.54) is 11.1 Å². The molecule has 3 nitrogen and oxygen atoms in total. The van der Waals surface area contributed by atoms with Gasteiger partial charge in [0.15, 0.2) is 11.5 Å². The molecule has 3 heteroatoms. The monoisotopic (exact) mass is 249 g/mol. The van der Waals surface area contributed by atoms with Gasteiger partial charge in [-0.25, -0.2) is 0 Å². The summed E-state index contributed by atoms with van der Waals surface area (Å²) >= 11 is 0. The number of hydrogen-bond donors (Lipinski definition) is 1. The topological polar surface area (TPSA) is 44.5 Å². The molecule has 1 aromatic carbocycles. The summed E-state index contributed by atoms with van der Waals surface area (Å²) < 4.78 is 11.5. The maximum absolute atomic E-state index is 5.81. The Kier molecular flexibility index (Phi) is 4.12. The summed E-state index contributed by atoms with van der Waals surface area (Å²) in [6.07, 6.45) is 0.938. The molecule has 1 aliphatic heterocycles. The minimum Gasteiger partial charge on any atom is -0.490 e. The largest absolute Gasteiger partial charge is 0.490 e. The molecule has 2 N–H and O–H groups in total. The zero-order valence-corrected chi connectivity index (χ0v) is 11.5. The highest BCUT2D eigenvalue weighted by Gasteiger charge is 2.19. The van der Waals surface area contributed by atoms with E-state index in [0.717, 1.165) is 31.1 Å². The first-order valence-corrected chi connectivity index (χ1v) is 6.77. The van der Waals surface area contributed by atoms with Crippen LogP contribution in [-0.4, -0.2) is 19.8 Å². The molecule has 1 heterocycles. The molecule has 0 bridgehead atoms. The molecular formula is C15H23NO2. The van der Waals surface area contributed by atoms with E-state index in [1.54, 1.807) is 0 Å². The van der Waals surface area contributed by atoms with Gasteiger partial charge in [0.1, 0.15) is 0 Å². The highest BCUT2D eigenvalue weighted by molar-refractivity contribution is 5.50. The van der Waals surface area contributed by atoms with Crippen molar-refractivity contribution < 1.29 is 9.47 Å². The van der Waals surface area contributed by atoms with Gasteiger partial charge in [-0.15, -0.1) is 0 Å². The van der Waals surface area contributed by atoms with Crippen molar-refractivity contribution in [2.24, 2.45) is 5.73 Å². The van der Waals surface area contributed by atoms with Crippen molar-refractivity contribution in [3.63, 3.8) is 0 Å². The SMILES string of the molecule is CC(C)c1cc2c(cc1C(C)CN)OCCCO2. The van der Waals surface area contributed by atoms with Crippen molar-refractivity contribution >= 4 is 0 Å². The minimum absolute atomic E-state index is 0.347. The van der Waals surface area contributed by atoms with E-state index >= 15 is 0 Å². The fraction of sp³-hybridized carbons (Fsp3) is 0.600. The van der Waals surface area contributed by atoms with E-state index in [2.05, 4.69) is 32.9 Å². The van der Waals surface area contributed by atoms with Gasteiger partial charge in [0.2, 0.25) is 0 Å². The fourth-order valence-corrected chi connectivity index (χ4v) is 2.29. The van der Waals surface area contributed by atoms with Crippen LogP contribution in [0.2, 0.25) is 0 Å². The van der Waals surface area contributed by atoms with Gasteiger partial charge in [-0.3, -0.25) is 0 Å². The Hall–Kier alpha value is -1.22. The van der Waals surface area contributed by atoms with Crippen molar-refractivity contribution in [2.45, 2.75) is 39.0 Å². The van der Waals surface area contributed by atoms with Crippen molar-refractivity contribution in [1.29, 1.82) is 0 Å². The van der Waals surface area contributed by atoms with Crippen molar-refractivity contribution in [1.82, 2.24) is 0 Å². The van der Waals surface area contributed by atoms with Crippen LogP contribution in [0.15, 0.2) is 12.1 Å². The Morgan fingerprint density at radius 3 is 2.11 bits per heavy atom. The molecule has 0 spiro atoms. The van der Waals surface area contributed by atoms with Crippen LogP contribution in [0, 0.1) is 0 Å². The average Bonchev–Trinajstić information content (AvgIpc) is 2.60. The molecular weight excluding hydrogens is 226 g/mol. The molecule has 0 aromatic heterocycles. The van der Waals surface area contributed by atoms with Crippen LogP contribution in [0.4, 0.5) is 0 Å². The highest BCUT2D eigenvalue weighted by atomic mass is 16.5. The Labute approximate surface area is 109 Å². The van der Waals surface area contributed by atoms with Crippen LogP contribution in [0.1, 0.15) is 50.2 Å². The number of benzene rings is 1. The van der Waals surface area contributed by atoms with Crippen LogP contribution < -0.4 is 15.2 Å². The second-order valence-electron chi connectivity index (χ2n) is 5.27. The van der Waals surface area contributed by atoms with Crippen molar-refractivity contribution in [2.75, 3.05) is 19.8 Å². The molecule has 0 radical (unpaired) electrons. The first-order chi connectivity index (χ1) is 8.63. The summed E-state index contributed by atoms with van der Waals surface area (Å²) in [4.78, 5) is 0. The first-order valence-electron chi connectivity index (χ1n) is 6.77. The Morgan fingerprint density at radius 2 is 1.61 bits per heavy atom. The van der Waals surface area contributed by atoms with Gasteiger partial charge in [-0.05, 0) is 41.6 Å². The van der Waals surface area contributed by atoms with Gasteiger partial charge in [0.05, 0.1) is 13.2 Å². The Balaban J connectivity index is 2.47. The summed E-state index contributed by atoms with van der Waals surface area (Å²) in [5.74, 6) is 2.56. The van der Waals surface area contributed by atoms with E-state index in [-0.39, 0.29) is 0 Å². The quantitative estimate of drug-likeness (QED) is 0.895. The highest BCUT2D eigenvalue weighted by Crippen LogP contribution is 2.38. The summed E-state index contributed by atoms with van der Waals surface area (Å²) in [6, 6.07) is 4.25. The third-order valence-electron chi connectivity index (χ3n) is 3.46. The molecule has 1 unspecified atom stereocenters. The maximum Gasteiger partial charge on any atom is 0.161 e. The number of nitrogens with two attached hydrogens (primary N) is 1. The predicted octanol–water partition coefficient (Wildman–Crippen LogP) is 3.03. The smallest absolute Gasteiger partial charge is 0.161 e. The molecule has 2 rings (SSSR count). The number of hydrogen-bond acceptors (Lipinski definition) is 3. The fourth-order valence-electron chi connectivity index (χ4n) is 2.29. The number of fused-ring (bicyclic) bond motifs is 1. The van der Waals surface area contributed by atoms with Crippen LogP contribution in [-0.2, 0) is 0 Å². The van der Waals surface area contributed by atoms with E-state index < -0.39 is 0 Å². The van der Waals surface area contributed by atoms with Crippen molar-refractivity contribution in [3.05, 3.63) is 23.3 Å². The lowest BCUT2D eigenvalue weighted by molar-refractivity contribution is 0.297. The van der Waals surface area contributed by atoms with Gasteiger partial charge in [0.25, 0.3) is 0 Å². The lowest BCUT2D eigenvalue weighted by Crippen LogP contribution is -2.12. The Morgan fingerprint density at radius 1 is 1.06 bits per heavy atom. The zero-order valence-electron chi connectivity index (χ0n) is 11.5. The summed E-state index contributed by atoms with van der Waals surface area (Å²) in [6.45, 7) is 8.67. The third kappa shape index (κ3) is 2.61. The third-order valence-corrected chi connectivity index (χ3v) is 3.46. The molecule has 0 amide bonds. The van der Waals surface area contributed by atoms with Gasteiger partial charge in [-0.1, -0.05) is 20.8 Å². The van der Waals surface area contributed by atoms with E-state index in [1.807, 2.05) is 0 Å². The lowest BCUT2D eigenvalue weighted by Gasteiger charge is -2.20. The van der Waals surface area contributed by atoms with Gasteiger partial charge in [-0.2, -0.15) is 0 Å². The van der Waals surface area contributed by atoms with E-state index in [4.69, 9.17) is 15.2 Å². The zero-order chi connectivity index (χ0) is 13.1. The molecule has 0 fully saturated rings. The predicted molar refractivity (Wildman–Crippen MR) is 73.6 cm³/mol. The van der Waals surface area contributed by atoms with Crippen LogP contribution >= 0.6 is 0 Å². The molecule has 18 heavy (non-hydrogen) atoms. The number of ether oxygens (including phenoxy) is 2.